The normalized spacial score (nSPS) is 9.40. The van der Waals surface area contributed by atoms with Gasteiger partial charge in [0.15, 0.2) is 0 Å². The average molecular weight is 144 g/mol. The highest BCUT2D eigenvalue weighted by Crippen LogP contribution is 1.83. The third-order valence-corrected chi connectivity index (χ3v) is 1.17. The lowest BCUT2D eigenvalue weighted by Gasteiger charge is -2.01. The van der Waals surface area contributed by atoms with Gasteiger partial charge in [0, 0.05) is 19.5 Å². The van der Waals surface area contributed by atoms with Crippen LogP contribution in [-0.4, -0.2) is 26.0 Å². The van der Waals surface area contributed by atoms with Crippen LogP contribution in [0, 0.1) is 0 Å². The second-order valence-electron chi connectivity index (χ2n) is 2.20. The summed E-state index contributed by atoms with van der Waals surface area (Å²) in [5, 5.41) is 5.73. The van der Waals surface area contributed by atoms with Crippen molar-refractivity contribution in [2.24, 2.45) is 0 Å². The molecule has 0 rings (SSSR count). The van der Waals surface area contributed by atoms with Gasteiger partial charge >= 0.3 is 0 Å². The van der Waals surface area contributed by atoms with Crippen LogP contribution in [0.15, 0.2) is 0 Å². The molecule has 3 nitrogen and oxygen atoms in total. The number of hydrogen-bond acceptors (Lipinski definition) is 2. The molecule has 1 amide bonds. The summed E-state index contributed by atoms with van der Waals surface area (Å²) in [7, 11) is 1.87. The predicted octanol–water partition coefficient (Wildman–Crippen LogP) is 0.122. The molecule has 0 aliphatic carbocycles. The molecule has 0 aliphatic rings. The monoisotopic (exact) mass is 144 g/mol. The molecule has 0 heterocycles. The highest BCUT2D eigenvalue weighted by Gasteiger charge is 1.95. The second-order valence-corrected chi connectivity index (χ2v) is 2.20. The highest BCUT2D eigenvalue weighted by molar-refractivity contribution is 5.75. The van der Waals surface area contributed by atoms with E-state index in [2.05, 4.69) is 10.6 Å². The van der Waals surface area contributed by atoms with Gasteiger partial charge in [0.1, 0.15) is 0 Å². The Labute approximate surface area is 62.2 Å². The third-order valence-electron chi connectivity index (χ3n) is 1.17. The van der Waals surface area contributed by atoms with E-state index in [1.54, 1.807) is 0 Å². The minimum absolute atomic E-state index is 0.151. The van der Waals surface area contributed by atoms with Crippen LogP contribution in [0.5, 0.6) is 0 Å². The first kappa shape index (κ1) is 9.43. The van der Waals surface area contributed by atoms with E-state index in [-0.39, 0.29) is 5.91 Å². The van der Waals surface area contributed by atoms with Crippen LogP contribution in [0.25, 0.3) is 0 Å². The Balaban J connectivity index is 3.05. The van der Waals surface area contributed by atoms with Gasteiger partial charge < -0.3 is 10.6 Å². The van der Waals surface area contributed by atoms with Gasteiger partial charge in [-0.25, -0.2) is 0 Å². The van der Waals surface area contributed by atoms with Crippen molar-refractivity contribution in [1.82, 2.24) is 10.6 Å². The molecule has 0 saturated heterocycles. The molecule has 0 bridgehead atoms. The Kier molecular flexibility index (Phi) is 6.18. The van der Waals surface area contributed by atoms with Crippen LogP contribution in [-0.2, 0) is 4.79 Å². The van der Waals surface area contributed by atoms with Gasteiger partial charge in [-0.05, 0) is 13.5 Å². The Morgan fingerprint density at radius 3 is 2.60 bits per heavy atom. The smallest absolute Gasteiger partial charge is 0.220 e. The Morgan fingerprint density at radius 1 is 1.40 bits per heavy atom. The van der Waals surface area contributed by atoms with Crippen LogP contribution in [0.4, 0.5) is 0 Å². The first-order chi connectivity index (χ1) is 4.81. The molecule has 0 spiro atoms. The maximum absolute atomic E-state index is 10.8. The number of rotatable bonds is 5. The summed E-state index contributed by atoms with van der Waals surface area (Å²) in [5.74, 6) is 0.151. The molecule has 2 N–H and O–H groups in total. The molecular weight excluding hydrogens is 128 g/mol. The van der Waals surface area contributed by atoms with Crippen molar-refractivity contribution >= 4 is 5.91 Å². The summed E-state index contributed by atoms with van der Waals surface area (Å²) in [6, 6.07) is 0. The predicted molar refractivity (Wildman–Crippen MR) is 41.8 cm³/mol. The van der Waals surface area contributed by atoms with Gasteiger partial charge in [-0.3, -0.25) is 4.79 Å². The molecule has 0 fully saturated rings. The summed E-state index contributed by atoms with van der Waals surface area (Å²) in [6.07, 6.45) is 1.56. The quantitative estimate of drug-likeness (QED) is 0.538. The average Bonchev–Trinajstić information content (AvgIpc) is 1.89. The fourth-order valence-corrected chi connectivity index (χ4v) is 0.642. The molecule has 0 unspecified atom stereocenters. The summed E-state index contributed by atoms with van der Waals surface area (Å²) in [4.78, 5) is 10.8. The number of likely N-dealkylation sites (N-methyl/N-ethyl adjacent to an activating group) is 1. The van der Waals surface area contributed by atoms with E-state index in [0.29, 0.717) is 6.42 Å². The van der Waals surface area contributed by atoms with Crippen LogP contribution in [0.3, 0.4) is 0 Å². The van der Waals surface area contributed by atoms with Crippen molar-refractivity contribution in [3.05, 3.63) is 0 Å². The van der Waals surface area contributed by atoms with E-state index in [9.17, 15) is 4.79 Å². The second kappa shape index (κ2) is 6.55. The topological polar surface area (TPSA) is 41.1 Å². The Hall–Kier alpha value is -0.570. The number of nitrogens with one attached hydrogen (secondary N) is 2. The lowest BCUT2D eigenvalue weighted by Crippen LogP contribution is -2.29. The van der Waals surface area contributed by atoms with Gasteiger partial charge in [-0.15, -0.1) is 0 Å². The van der Waals surface area contributed by atoms with E-state index in [4.69, 9.17) is 0 Å². The fraction of sp³-hybridized carbons (Fsp3) is 0.857. The SMILES string of the molecule is CCCC(=O)NCCNC. The first-order valence-electron chi connectivity index (χ1n) is 3.72. The number of amides is 1. The van der Waals surface area contributed by atoms with E-state index in [1.165, 1.54) is 0 Å². The molecule has 3 heteroatoms. The van der Waals surface area contributed by atoms with Crippen LogP contribution in [0.1, 0.15) is 19.8 Å². The largest absolute Gasteiger partial charge is 0.355 e. The summed E-state index contributed by atoms with van der Waals surface area (Å²) in [6.45, 7) is 3.57. The van der Waals surface area contributed by atoms with E-state index < -0.39 is 0 Å². The minimum Gasteiger partial charge on any atom is -0.355 e. The van der Waals surface area contributed by atoms with Crippen molar-refractivity contribution in [2.75, 3.05) is 20.1 Å². The molecule has 0 aromatic rings. The van der Waals surface area contributed by atoms with Crippen molar-refractivity contribution in [3.63, 3.8) is 0 Å². The third kappa shape index (κ3) is 5.56. The number of carbonyl (C=O) groups is 1. The summed E-state index contributed by atoms with van der Waals surface area (Å²) in [5.41, 5.74) is 0. The molecule has 10 heavy (non-hydrogen) atoms. The standard InChI is InChI=1S/C7H16N2O/c1-3-4-7(10)9-6-5-8-2/h8H,3-6H2,1-2H3,(H,9,10). The number of carbonyl (C=O) groups excluding carboxylic acids is 1. The summed E-state index contributed by atoms with van der Waals surface area (Å²) < 4.78 is 0. The van der Waals surface area contributed by atoms with E-state index >= 15 is 0 Å². The van der Waals surface area contributed by atoms with Crippen LogP contribution >= 0.6 is 0 Å². The molecular formula is C7H16N2O. The van der Waals surface area contributed by atoms with Crippen molar-refractivity contribution in [1.29, 1.82) is 0 Å². The van der Waals surface area contributed by atoms with Gasteiger partial charge in [0.2, 0.25) is 5.91 Å². The van der Waals surface area contributed by atoms with Crippen molar-refractivity contribution in [3.8, 4) is 0 Å². The van der Waals surface area contributed by atoms with Crippen molar-refractivity contribution < 1.29 is 4.79 Å². The molecule has 0 radical (unpaired) electrons. The van der Waals surface area contributed by atoms with Crippen molar-refractivity contribution in [2.45, 2.75) is 19.8 Å². The zero-order valence-electron chi connectivity index (χ0n) is 6.74. The van der Waals surface area contributed by atoms with E-state index in [1.807, 2.05) is 14.0 Å². The maximum atomic E-state index is 10.8. The first-order valence-corrected chi connectivity index (χ1v) is 3.72. The van der Waals surface area contributed by atoms with Crippen LogP contribution in [0.2, 0.25) is 0 Å². The zero-order chi connectivity index (χ0) is 7.82. The fourth-order valence-electron chi connectivity index (χ4n) is 0.642. The molecule has 0 aromatic carbocycles. The molecule has 0 saturated carbocycles. The van der Waals surface area contributed by atoms with Gasteiger partial charge in [0.05, 0.1) is 0 Å². The highest BCUT2D eigenvalue weighted by atomic mass is 16.1. The van der Waals surface area contributed by atoms with Crippen LogP contribution < -0.4 is 10.6 Å². The molecule has 0 aliphatic heterocycles. The Bertz CT molecular complexity index is 93.6. The van der Waals surface area contributed by atoms with Gasteiger partial charge in [-0.2, -0.15) is 0 Å². The molecule has 0 aromatic heterocycles. The van der Waals surface area contributed by atoms with E-state index in [0.717, 1.165) is 19.5 Å². The maximum Gasteiger partial charge on any atom is 0.220 e. The Morgan fingerprint density at radius 2 is 2.10 bits per heavy atom. The lowest BCUT2D eigenvalue weighted by molar-refractivity contribution is -0.121. The number of hydrogen-bond donors (Lipinski definition) is 2. The van der Waals surface area contributed by atoms with Gasteiger partial charge in [-0.1, -0.05) is 6.92 Å². The minimum atomic E-state index is 0.151. The zero-order valence-corrected chi connectivity index (χ0v) is 6.74. The van der Waals surface area contributed by atoms with Gasteiger partial charge in [0.25, 0.3) is 0 Å². The molecule has 60 valence electrons. The lowest BCUT2D eigenvalue weighted by atomic mass is 10.3. The molecule has 0 atom stereocenters. The summed E-state index contributed by atoms with van der Waals surface area (Å²) >= 11 is 0.